The van der Waals surface area contributed by atoms with Crippen molar-refractivity contribution in [3.8, 4) is 0 Å². The predicted molar refractivity (Wildman–Crippen MR) is 61.1 cm³/mol. The standard InChI is InChI=1S/C11H14ClFN2/c1-8-7-14-4-5-15(8)11-6-9(13)2-3-10(11)12/h2-3,6,8,14H,4-5,7H2,1H3. The average Bonchev–Trinajstić information content (AvgIpc) is 2.23. The van der Waals surface area contributed by atoms with Crippen LogP contribution in [0.2, 0.25) is 5.02 Å². The van der Waals surface area contributed by atoms with Gasteiger partial charge in [0.2, 0.25) is 0 Å². The van der Waals surface area contributed by atoms with E-state index in [4.69, 9.17) is 11.6 Å². The number of hydrogen-bond acceptors (Lipinski definition) is 2. The Balaban J connectivity index is 2.30. The predicted octanol–water partition coefficient (Wildman–Crippen LogP) is 2.28. The minimum Gasteiger partial charge on any atom is -0.365 e. The zero-order valence-electron chi connectivity index (χ0n) is 8.63. The van der Waals surface area contributed by atoms with Crippen LogP contribution in [0.4, 0.5) is 10.1 Å². The van der Waals surface area contributed by atoms with E-state index in [0.29, 0.717) is 11.1 Å². The van der Waals surface area contributed by atoms with Crippen LogP contribution in [-0.4, -0.2) is 25.7 Å². The Hall–Kier alpha value is -0.800. The number of piperazine rings is 1. The number of anilines is 1. The molecule has 1 heterocycles. The second kappa shape index (κ2) is 4.37. The van der Waals surface area contributed by atoms with Crippen molar-refractivity contribution in [1.29, 1.82) is 0 Å². The number of rotatable bonds is 1. The molecule has 1 aliphatic rings. The summed E-state index contributed by atoms with van der Waals surface area (Å²) in [6.07, 6.45) is 0. The van der Waals surface area contributed by atoms with E-state index in [1.807, 2.05) is 0 Å². The summed E-state index contributed by atoms with van der Waals surface area (Å²) in [7, 11) is 0. The van der Waals surface area contributed by atoms with Crippen molar-refractivity contribution in [2.45, 2.75) is 13.0 Å². The van der Waals surface area contributed by atoms with Gasteiger partial charge in [0.05, 0.1) is 10.7 Å². The Bertz CT molecular complexity index is 356. The maximum atomic E-state index is 13.1. The van der Waals surface area contributed by atoms with Crippen LogP contribution in [0.5, 0.6) is 0 Å². The Labute approximate surface area is 94.0 Å². The number of benzene rings is 1. The lowest BCUT2D eigenvalue weighted by Gasteiger charge is -2.36. The van der Waals surface area contributed by atoms with E-state index in [9.17, 15) is 4.39 Å². The third-order valence-electron chi connectivity index (χ3n) is 2.72. The highest BCUT2D eigenvalue weighted by atomic mass is 35.5. The lowest BCUT2D eigenvalue weighted by molar-refractivity contribution is 0.499. The first-order valence-corrected chi connectivity index (χ1v) is 5.48. The largest absolute Gasteiger partial charge is 0.365 e. The zero-order valence-corrected chi connectivity index (χ0v) is 9.39. The molecule has 1 atom stereocenters. The fourth-order valence-corrected chi connectivity index (χ4v) is 2.13. The SMILES string of the molecule is CC1CNCCN1c1cc(F)ccc1Cl. The summed E-state index contributed by atoms with van der Waals surface area (Å²) < 4.78 is 13.1. The van der Waals surface area contributed by atoms with Crippen LogP contribution < -0.4 is 10.2 Å². The normalized spacial score (nSPS) is 21.8. The Morgan fingerprint density at radius 1 is 1.53 bits per heavy atom. The first-order chi connectivity index (χ1) is 7.18. The third-order valence-corrected chi connectivity index (χ3v) is 3.04. The molecule has 4 heteroatoms. The van der Waals surface area contributed by atoms with Gasteiger partial charge >= 0.3 is 0 Å². The minimum absolute atomic E-state index is 0.236. The van der Waals surface area contributed by atoms with Crippen LogP contribution in [0.25, 0.3) is 0 Å². The van der Waals surface area contributed by atoms with Gasteiger partial charge in [-0.05, 0) is 25.1 Å². The second-order valence-electron chi connectivity index (χ2n) is 3.84. The molecule has 0 bridgehead atoms. The first-order valence-electron chi connectivity index (χ1n) is 5.11. The van der Waals surface area contributed by atoms with Crippen molar-refractivity contribution in [2.75, 3.05) is 24.5 Å². The maximum Gasteiger partial charge on any atom is 0.125 e. The van der Waals surface area contributed by atoms with Gasteiger partial charge in [0.25, 0.3) is 0 Å². The monoisotopic (exact) mass is 228 g/mol. The van der Waals surface area contributed by atoms with E-state index in [0.717, 1.165) is 25.3 Å². The molecule has 0 saturated carbocycles. The molecule has 2 nitrogen and oxygen atoms in total. The van der Waals surface area contributed by atoms with E-state index in [1.54, 1.807) is 6.07 Å². The molecule has 1 unspecified atom stereocenters. The van der Waals surface area contributed by atoms with Crippen LogP contribution >= 0.6 is 11.6 Å². The first kappa shape index (κ1) is 10.7. The molecule has 1 aromatic carbocycles. The topological polar surface area (TPSA) is 15.3 Å². The minimum atomic E-state index is -0.236. The van der Waals surface area contributed by atoms with Crippen LogP contribution in [0, 0.1) is 5.82 Å². The summed E-state index contributed by atoms with van der Waals surface area (Å²) in [6.45, 7) is 4.79. The van der Waals surface area contributed by atoms with E-state index < -0.39 is 0 Å². The molecule has 1 aliphatic heterocycles. The molecule has 0 radical (unpaired) electrons. The highest BCUT2D eigenvalue weighted by Crippen LogP contribution is 2.28. The molecular formula is C11H14ClFN2. The zero-order chi connectivity index (χ0) is 10.8. The highest BCUT2D eigenvalue weighted by Gasteiger charge is 2.20. The van der Waals surface area contributed by atoms with Gasteiger partial charge in [0.15, 0.2) is 0 Å². The summed E-state index contributed by atoms with van der Waals surface area (Å²) in [4.78, 5) is 2.14. The molecule has 2 rings (SSSR count). The molecular weight excluding hydrogens is 215 g/mol. The third kappa shape index (κ3) is 2.24. The van der Waals surface area contributed by atoms with Crippen molar-refractivity contribution in [2.24, 2.45) is 0 Å². The lowest BCUT2D eigenvalue weighted by Crippen LogP contribution is -2.50. The fraction of sp³-hybridized carbons (Fsp3) is 0.455. The lowest BCUT2D eigenvalue weighted by atomic mass is 10.2. The van der Waals surface area contributed by atoms with Gasteiger partial charge in [-0.1, -0.05) is 11.6 Å². The Morgan fingerprint density at radius 3 is 3.07 bits per heavy atom. The van der Waals surface area contributed by atoms with Gasteiger partial charge in [-0.3, -0.25) is 0 Å². The Kier molecular flexibility index (Phi) is 3.12. The second-order valence-corrected chi connectivity index (χ2v) is 4.25. The summed E-state index contributed by atoms with van der Waals surface area (Å²) in [5, 5.41) is 3.91. The van der Waals surface area contributed by atoms with E-state index >= 15 is 0 Å². The fourth-order valence-electron chi connectivity index (χ4n) is 1.90. The quantitative estimate of drug-likeness (QED) is 0.794. The number of halogens is 2. The van der Waals surface area contributed by atoms with Crippen molar-refractivity contribution >= 4 is 17.3 Å². The molecule has 0 spiro atoms. The summed E-state index contributed by atoms with van der Waals surface area (Å²) >= 11 is 6.07. The van der Waals surface area contributed by atoms with Crippen molar-refractivity contribution < 1.29 is 4.39 Å². The number of nitrogens with one attached hydrogen (secondary N) is 1. The molecule has 1 aromatic rings. The molecule has 0 aromatic heterocycles. The highest BCUT2D eigenvalue weighted by molar-refractivity contribution is 6.33. The summed E-state index contributed by atoms with van der Waals surface area (Å²) in [6, 6.07) is 4.85. The smallest absolute Gasteiger partial charge is 0.125 e. The average molecular weight is 229 g/mol. The van der Waals surface area contributed by atoms with Gasteiger partial charge < -0.3 is 10.2 Å². The van der Waals surface area contributed by atoms with Gasteiger partial charge in [-0.25, -0.2) is 4.39 Å². The van der Waals surface area contributed by atoms with E-state index in [1.165, 1.54) is 12.1 Å². The molecule has 1 N–H and O–H groups in total. The molecule has 0 amide bonds. The van der Waals surface area contributed by atoms with Crippen LogP contribution in [0.1, 0.15) is 6.92 Å². The van der Waals surface area contributed by atoms with Gasteiger partial charge in [-0.15, -0.1) is 0 Å². The molecule has 0 aliphatic carbocycles. The van der Waals surface area contributed by atoms with Crippen LogP contribution in [0.3, 0.4) is 0 Å². The number of nitrogens with zero attached hydrogens (tertiary/aromatic N) is 1. The Morgan fingerprint density at radius 2 is 2.33 bits per heavy atom. The molecule has 1 saturated heterocycles. The summed E-state index contributed by atoms with van der Waals surface area (Å²) in [5.41, 5.74) is 0.797. The van der Waals surface area contributed by atoms with Crippen molar-refractivity contribution in [1.82, 2.24) is 5.32 Å². The van der Waals surface area contributed by atoms with Gasteiger partial charge in [0.1, 0.15) is 5.82 Å². The molecule has 15 heavy (non-hydrogen) atoms. The summed E-state index contributed by atoms with van der Waals surface area (Å²) in [5.74, 6) is -0.236. The van der Waals surface area contributed by atoms with E-state index in [2.05, 4.69) is 17.1 Å². The number of hydrogen-bond donors (Lipinski definition) is 1. The van der Waals surface area contributed by atoms with Gasteiger partial charge in [0, 0.05) is 25.7 Å². The maximum absolute atomic E-state index is 13.1. The molecule has 82 valence electrons. The van der Waals surface area contributed by atoms with Crippen molar-refractivity contribution in [3.63, 3.8) is 0 Å². The van der Waals surface area contributed by atoms with Crippen LogP contribution in [-0.2, 0) is 0 Å². The van der Waals surface area contributed by atoms with Gasteiger partial charge in [-0.2, -0.15) is 0 Å². The van der Waals surface area contributed by atoms with E-state index in [-0.39, 0.29) is 5.82 Å². The molecule has 1 fully saturated rings. The van der Waals surface area contributed by atoms with Crippen molar-refractivity contribution in [3.05, 3.63) is 29.0 Å². The van der Waals surface area contributed by atoms with Crippen LogP contribution in [0.15, 0.2) is 18.2 Å².